The predicted molar refractivity (Wildman–Crippen MR) is 98.3 cm³/mol. The topological polar surface area (TPSA) is 87.9 Å². The van der Waals surface area contributed by atoms with Gasteiger partial charge in [0.2, 0.25) is 11.8 Å². The van der Waals surface area contributed by atoms with Gasteiger partial charge >= 0.3 is 0 Å². The molecular weight excluding hydrogens is 332 g/mol. The van der Waals surface area contributed by atoms with Crippen LogP contribution in [0.2, 0.25) is 0 Å². The molecule has 0 aliphatic carbocycles. The van der Waals surface area contributed by atoms with Gasteiger partial charge in [-0.1, -0.05) is 30.3 Å². The first-order valence-corrected chi connectivity index (χ1v) is 9.33. The lowest BCUT2D eigenvalue weighted by atomic mass is 10.2. The molecule has 2 atom stereocenters. The Morgan fingerprint density at radius 2 is 1.85 bits per heavy atom. The number of hydrogen-bond donors (Lipinski definition) is 2. The summed E-state index contributed by atoms with van der Waals surface area (Å²) >= 11 is 0. The van der Waals surface area contributed by atoms with E-state index in [0.717, 1.165) is 26.1 Å². The van der Waals surface area contributed by atoms with Gasteiger partial charge in [0.1, 0.15) is 6.10 Å². The van der Waals surface area contributed by atoms with Gasteiger partial charge in [0.15, 0.2) is 0 Å². The van der Waals surface area contributed by atoms with Crippen LogP contribution in [0.4, 0.5) is 0 Å². The van der Waals surface area contributed by atoms with Crippen LogP contribution in [-0.2, 0) is 20.9 Å². The molecular formula is C19H28N4O3. The highest BCUT2D eigenvalue weighted by Crippen LogP contribution is 2.18. The number of amides is 2. The average Bonchev–Trinajstić information content (AvgIpc) is 3.17. The highest BCUT2D eigenvalue weighted by molar-refractivity contribution is 5.87. The Hall–Kier alpha value is -1.96. The predicted octanol–water partition coefficient (Wildman–Crippen LogP) is -0.0467. The molecule has 7 heteroatoms. The number of nitrogens with zero attached hydrogens (tertiary/aromatic N) is 2. The zero-order valence-corrected chi connectivity index (χ0v) is 15.1. The second-order valence-electron chi connectivity index (χ2n) is 6.92. The smallest absolute Gasteiger partial charge is 0.249 e. The van der Waals surface area contributed by atoms with Crippen LogP contribution in [-0.4, -0.2) is 73.1 Å². The third kappa shape index (κ3) is 5.03. The second-order valence-corrected chi connectivity index (χ2v) is 6.92. The molecule has 3 rings (SSSR count). The lowest BCUT2D eigenvalue weighted by molar-refractivity contribution is -0.137. The summed E-state index contributed by atoms with van der Waals surface area (Å²) in [4.78, 5) is 28.6. The number of ether oxygens (including phenoxy) is 1. The molecule has 2 aliphatic rings. The summed E-state index contributed by atoms with van der Waals surface area (Å²) < 4.78 is 5.55. The molecule has 0 unspecified atom stereocenters. The van der Waals surface area contributed by atoms with Crippen LogP contribution < -0.4 is 11.1 Å². The largest absolute Gasteiger partial charge is 0.364 e. The number of piperazine rings is 1. The molecule has 0 aromatic heterocycles. The van der Waals surface area contributed by atoms with Gasteiger partial charge in [0.25, 0.3) is 0 Å². The van der Waals surface area contributed by atoms with Crippen LogP contribution >= 0.6 is 0 Å². The Bertz CT molecular complexity index is 602. The van der Waals surface area contributed by atoms with Gasteiger partial charge in [0, 0.05) is 39.3 Å². The summed E-state index contributed by atoms with van der Waals surface area (Å²) in [7, 11) is 0. The van der Waals surface area contributed by atoms with E-state index >= 15 is 0 Å². The summed E-state index contributed by atoms with van der Waals surface area (Å²) in [6.07, 6.45) is 0.949. The van der Waals surface area contributed by atoms with Crippen LogP contribution in [0.5, 0.6) is 0 Å². The van der Waals surface area contributed by atoms with Gasteiger partial charge in [-0.05, 0) is 18.4 Å². The first-order chi connectivity index (χ1) is 12.7. The van der Waals surface area contributed by atoms with Gasteiger partial charge in [-0.25, -0.2) is 0 Å². The number of carbonyl (C=O) groups is 2. The van der Waals surface area contributed by atoms with Gasteiger partial charge in [-0.3, -0.25) is 14.5 Å². The second kappa shape index (κ2) is 9.12. The summed E-state index contributed by atoms with van der Waals surface area (Å²) in [5, 5.41) is 2.71. The van der Waals surface area contributed by atoms with Gasteiger partial charge in [0.05, 0.1) is 12.6 Å². The number of rotatable bonds is 6. The maximum absolute atomic E-state index is 12.3. The monoisotopic (exact) mass is 360 g/mol. The van der Waals surface area contributed by atoms with Crippen molar-refractivity contribution in [1.82, 2.24) is 15.1 Å². The summed E-state index contributed by atoms with van der Waals surface area (Å²) in [6.45, 7) is 4.44. The van der Waals surface area contributed by atoms with Crippen molar-refractivity contribution in [2.75, 3.05) is 39.3 Å². The fourth-order valence-electron chi connectivity index (χ4n) is 3.46. The fourth-order valence-corrected chi connectivity index (χ4v) is 3.46. The molecule has 26 heavy (non-hydrogen) atoms. The Morgan fingerprint density at radius 3 is 2.50 bits per heavy atom. The standard InChI is InChI=1S/C19H28N4O3/c20-12-16-6-7-17(26-16)19(25)21-13-18(24)23-10-8-22(9-11-23)14-15-4-2-1-3-5-15/h1-5,16-17H,6-14,20H2,(H,21,25)/t16-,17+/m1/s1. The van der Waals surface area contributed by atoms with E-state index in [1.165, 1.54) is 5.56 Å². The summed E-state index contributed by atoms with van der Waals surface area (Å²) in [5.41, 5.74) is 6.84. The number of hydrogen-bond acceptors (Lipinski definition) is 5. The van der Waals surface area contributed by atoms with Crippen LogP contribution in [0.1, 0.15) is 18.4 Å². The third-order valence-corrected chi connectivity index (χ3v) is 5.05. The van der Waals surface area contributed by atoms with E-state index in [1.54, 1.807) is 0 Å². The van der Waals surface area contributed by atoms with E-state index in [2.05, 4.69) is 22.3 Å². The minimum Gasteiger partial charge on any atom is -0.364 e. The first kappa shape index (κ1) is 18.8. The molecule has 2 heterocycles. The highest BCUT2D eigenvalue weighted by Gasteiger charge is 2.30. The van der Waals surface area contributed by atoms with Crippen molar-refractivity contribution >= 4 is 11.8 Å². The average molecular weight is 360 g/mol. The van der Waals surface area contributed by atoms with E-state index < -0.39 is 6.10 Å². The molecule has 0 spiro atoms. The van der Waals surface area contributed by atoms with Gasteiger partial charge in [-0.2, -0.15) is 0 Å². The third-order valence-electron chi connectivity index (χ3n) is 5.05. The van der Waals surface area contributed by atoms with E-state index in [9.17, 15) is 9.59 Å². The van der Waals surface area contributed by atoms with Crippen molar-refractivity contribution in [3.63, 3.8) is 0 Å². The van der Waals surface area contributed by atoms with Crippen molar-refractivity contribution in [1.29, 1.82) is 0 Å². The lowest BCUT2D eigenvalue weighted by Crippen LogP contribution is -2.51. The maximum atomic E-state index is 12.3. The molecule has 2 saturated heterocycles. The van der Waals surface area contributed by atoms with Crippen molar-refractivity contribution in [3.8, 4) is 0 Å². The Morgan fingerprint density at radius 1 is 1.12 bits per heavy atom. The first-order valence-electron chi connectivity index (χ1n) is 9.33. The zero-order valence-electron chi connectivity index (χ0n) is 15.1. The maximum Gasteiger partial charge on any atom is 0.249 e. The minimum absolute atomic E-state index is 0.0324. The van der Waals surface area contributed by atoms with E-state index in [4.69, 9.17) is 10.5 Å². The Balaban J connectivity index is 1.36. The quantitative estimate of drug-likeness (QED) is 0.743. The highest BCUT2D eigenvalue weighted by atomic mass is 16.5. The molecule has 2 aliphatic heterocycles. The molecule has 142 valence electrons. The van der Waals surface area contributed by atoms with Crippen molar-refractivity contribution < 1.29 is 14.3 Å². The van der Waals surface area contributed by atoms with Crippen molar-refractivity contribution in [2.45, 2.75) is 31.6 Å². The van der Waals surface area contributed by atoms with E-state index in [0.29, 0.717) is 26.1 Å². The number of benzene rings is 1. The number of nitrogens with two attached hydrogens (primary N) is 1. The minimum atomic E-state index is -0.473. The summed E-state index contributed by atoms with van der Waals surface area (Å²) in [6, 6.07) is 10.3. The fraction of sp³-hybridized carbons (Fsp3) is 0.579. The molecule has 7 nitrogen and oxygen atoms in total. The SMILES string of the molecule is NC[C@H]1CC[C@@H](C(=O)NCC(=O)N2CCN(Cc3ccccc3)CC2)O1. The molecule has 0 saturated carbocycles. The Labute approximate surface area is 154 Å². The Kier molecular flexibility index (Phi) is 6.60. The molecule has 1 aromatic rings. The van der Waals surface area contributed by atoms with Crippen LogP contribution in [0, 0.1) is 0 Å². The molecule has 2 fully saturated rings. The van der Waals surface area contributed by atoms with Gasteiger partial charge in [-0.15, -0.1) is 0 Å². The molecule has 0 radical (unpaired) electrons. The van der Waals surface area contributed by atoms with Crippen LogP contribution in [0.25, 0.3) is 0 Å². The molecule has 0 bridgehead atoms. The van der Waals surface area contributed by atoms with Crippen molar-refractivity contribution in [3.05, 3.63) is 35.9 Å². The lowest BCUT2D eigenvalue weighted by Gasteiger charge is -2.34. The molecule has 1 aromatic carbocycles. The molecule has 3 N–H and O–H groups in total. The van der Waals surface area contributed by atoms with Crippen molar-refractivity contribution in [2.24, 2.45) is 5.73 Å². The molecule has 2 amide bonds. The van der Waals surface area contributed by atoms with E-state index in [-0.39, 0.29) is 24.5 Å². The van der Waals surface area contributed by atoms with Crippen LogP contribution in [0.3, 0.4) is 0 Å². The van der Waals surface area contributed by atoms with E-state index in [1.807, 2.05) is 23.1 Å². The van der Waals surface area contributed by atoms with Crippen LogP contribution in [0.15, 0.2) is 30.3 Å². The summed E-state index contributed by atoms with van der Waals surface area (Å²) in [5.74, 6) is -0.247. The normalized spacial score (nSPS) is 23.8. The zero-order chi connectivity index (χ0) is 18.4. The van der Waals surface area contributed by atoms with Gasteiger partial charge < -0.3 is 20.7 Å². The number of nitrogens with one attached hydrogen (secondary N) is 1. The number of carbonyl (C=O) groups excluding carboxylic acids is 2.